The lowest BCUT2D eigenvalue weighted by molar-refractivity contribution is 0.0637. The fourth-order valence-corrected chi connectivity index (χ4v) is 3.30. The minimum atomic E-state index is -0.837. The Morgan fingerprint density at radius 1 is 1.08 bits per heavy atom. The molecule has 4 nitrogen and oxygen atoms in total. The second-order valence-electron chi connectivity index (χ2n) is 6.08. The number of nitrogens with zero attached hydrogens (tertiary/aromatic N) is 1. The molecule has 3 rings (SSSR count). The molecule has 1 aliphatic rings. The van der Waals surface area contributed by atoms with Gasteiger partial charge in [0.1, 0.15) is 5.82 Å². The van der Waals surface area contributed by atoms with Gasteiger partial charge in [-0.25, -0.2) is 8.78 Å². The van der Waals surface area contributed by atoms with Gasteiger partial charge in [0.25, 0.3) is 0 Å². The third-order valence-electron chi connectivity index (χ3n) is 4.64. The van der Waals surface area contributed by atoms with E-state index in [4.69, 9.17) is 0 Å². The summed E-state index contributed by atoms with van der Waals surface area (Å²) in [6.45, 7) is 0.340. The average Bonchev–Trinajstić information content (AvgIpc) is 2.88. The zero-order valence-electron chi connectivity index (χ0n) is 12.9. The van der Waals surface area contributed by atoms with Crippen molar-refractivity contribution in [1.82, 2.24) is 4.90 Å². The van der Waals surface area contributed by atoms with Crippen molar-refractivity contribution >= 4 is 0 Å². The van der Waals surface area contributed by atoms with E-state index in [0.717, 1.165) is 5.56 Å². The van der Waals surface area contributed by atoms with Crippen LogP contribution in [0.25, 0.3) is 0 Å². The minimum Gasteiger partial charge on any atom is -0.505 e. The zero-order valence-corrected chi connectivity index (χ0v) is 12.9. The number of hydrogen-bond donors (Lipinski definition) is 3. The topological polar surface area (TPSA) is 63.9 Å². The Morgan fingerprint density at radius 2 is 1.79 bits per heavy atom. The predicted octanol–water partition coefficient (Wildman–Crippen LogP) is 1.99. The molecule has 0 amide bonds. The van der Waals surface area contributed by atoms with Crippen LogP contribution in [0.1, 0.15) is 17.0 Å². The van der Waals surface area contributed by atoms with Gasteiger partial charge in [0.05, 0.1) is 18.8 Å². The van der Waals surface area contributed by atoms with Crippen molar-refractivity contribution < 1.29 is 24.1 Å². The Morgan fingerprint density at radius 3 is 2.46 bits per heavy atom. The standard InChI is InChI=1S/C18H19F2NO3/c19-13-6-4-11(5-7-13)14-9-21(16(10-22)18(14)24)8-12-2-1-3-15(20)17(12)23/h1-7,14,16,18,22-24H,8-10H2/t14-,16-,18-/m1/s1. The van der Waals surface area contributed by atoms with Crippen molar-refractivity contribution in [3.63, 3.8) is 0 Å². The number of aliphatic hydroxyl groups excluding tert-OH is 2. The molecule has 3 atom stereocenters. The number of halogens is 2. The molecule has 1 saturated heterocycles. The summed E-state index contributed by atoms with van der Waals surface area (Å²) in [6, 6.07) is 9.62. The van der Waals surface area contributed by atoms with Crippen LogP contribution < -0.4 is 0 Å². The maximum Gasteiger partial charge on any atom is 0.165 e. The molecule has 0 spiro atoms. The molecular weight excluding hydrogens is 316 g/mol. The van der Waals surface area contributed by atoms with Crippen molar-refractivity contribution in [2.24, 2.45) is 0 Å². The van der Waals surface area contributed by atoms with Gasteiger partial charge in [-0.3, -0.25) is 4.90 Å². The lowest BCUT2D eigenvalue weighted by Gasteiger charge is -2.24. The van der Waals surface area contributed by atoms with Crippen LogP contribution in [0.4, 0.5) is 8.78 Å². The Hall–Kier alpha value is -2.02. The Bertz CT molecular complexity index is 708. The first kappa shape index (κ1) is 16.8. The number of benzene rings is 2. The number of phenols is 1. The summed E-state index contributed by atoms with van der Waals surface area (Å²) < 4.78 is 26.6. The molecule has 3 N–H and O–H groups in total. The molecule has 2 aromatic rings. The van der Waals surface area contributed by atoms with E-state index in [9.17, 15) is 24.1 Å². The maximum absolute atomic E-state index is 13.5. The van der Waals surface area contributed by atoms with Crippen molar-refractivity contribution in [1.29, 1.82) is 0 Å². The molecule has 128 valence electrons. The molecule has 2 aromatic carbocycles. The summed E-state index contributed by atoms with van der Waals surface area (Å²) >= 11 is 0. The second kappa shape index (κ2) is 6.84. The largest absolute Gasteiger partial charge is 0.505 e. The third kappa shape index (κ3) is 3.13. The zero-order chi connectivity index (χ0) is 17.3. The van der Waals surface area contributed by atoms with Crippen molar-refractivity contribution in [3.8, 4) is 5.75 Å². The van der Waals surface area contributed by atoms with E-state index >= 15 is 0 Å². The summed E-state index contributed by atoms with van der Waals surface area (Å²) in [6.07, 6.45) is -0.837. The van der Waals surface area contributed by atoms with Gasteiger partial charge < -0.3 is 15.3 Å². The highest BCUT2D eigenvalue weighted by molar-refractivity contribution is 5.34. The molecule has 1 fully saturated rings. The molecular formula is C18H19F2NO3. The van der Waals surface area contributed by atoms with Gasteiger partial charge in [-0.05, 0) is 23.8 Å². The second-order valence-corrected chi connectivity index (χ2v) is 6.08. The molecule has 24 heavy (non-hydrogen) atoms. The highest BCUT2D eigenvalue weighted by Gasteiger charge is 2.41. The number of rotatable bonds is 4. The van der Waals surface area contributed by atoms with Gasteiger partial charge in [-0.1, -0.05) is 24.3 Å². The smallest absolute Gasteiger partial charge is 0.165 e. The van der Waals surface area contributed by atoms with Gasteiger partial charge >= 0.3 is 0 Å². The van der Waals surface area contributed by atoms with Crippen LogP contribution in [0.15, 0.2) is 42.5 Å². The quantitative estimate of drug-likeness (QED) is 0.800. The summed E-state index contributed by atoms with van der Waals surface area (Å²) in [5.41, 5.74) is 1.16. The molecule has 0 saturated carbocycles. The molecule has 6 heteroatoms. The van der Waals surface area contributed by atoms with Gasteiger partial charge in [0.2, 0.25) is 0 Å². The van der Waals surface area contributed by atoms with Gasteiger partial charge in [0, 0.05) is 24.6 Å². The van der Waals surface area contributed by atoms with Gasteiger partial charge in [-0.15, -0.1) is 0 Å². The lowest BCUT2D eigenvalue weighted by atomic mass is 9.94. The van der Waals surface area contributed by atoms with Crippen molar-refractivity contribution in [2.45, 2.75) is 24.6 Å². The van der Waals surface area contributed by atoms with Crippen molar-refractivity contribution in [3.05, 3.63) is 65.2 Å². The van der Waals surface area contributed by atoms with Gasteiger partial charge in [-0.2, -0.15) is 0 Å². The van der Waals surface area contributed by atoms with E-state index in [0.29, 0.717) is 12.1 Å². The first-order valence-electron chi connectivity index (χ1n) is 7.76. The van der Waals surface area contributed by atoms with Gasteiger partial charge in [0.15, 0.2) is 11.6 Å². The SMILES string of the molecule is OC[C@@H]1[C@H](O)[C@@H](c2ccc(F)cc2)CN1Cc1cccc(F)c1O. The monoisotopic (exact) mass is 335 g/mol. The fourth-order valence-electron chi connectivity index (χ4n) is 3.30. The number of para-hydroxylation sites is 1. The van der Waals surface area contributed by atoms with Crippen LogP contribution in [-0.4, -0.2) is 45.5 Å². The van der Waals surface area contributed by atoms with E-state index in [-0.39, 0.29) is 24.9 Å². The maximum atomic E-state index is 13.5. The first-order valence-corrected chi connectivity index (χ1v) is 7.76. The van der Waals surface area contributed by atoms with E-state index < -0.39 is 23.7 Å². The highest BCUT2D eigenvalue weighted by Crippen LogP contribution is 2.34. The number of aromatic hydroxyl groups is 1. The Labute approximate surface area is 138 Å². The van der Waals surface area contributed by atoms with Crippen LogP contribution in [0, 0.1) is 11.6 Å². The Kier molecular flexibility index (Phi) is 4.80. The van der Waals surface area contributed by atoms with Crippen LogP contribution in [0.3, 0.4) is 0 Å². The molecule has 1 heterocycles. The summed E-state index contributed by atoms with van der Waals surface area (Å²) in [4.78, 5) is 1.80. The molecule has 0 aromatic heterocycles. The van der Waals surface area contributed by atoms with Crippen LogP contribution >= 0.6 is 0 Å². The Balaban J connectivity index is 1.83. The summed E-state index contributed by atoms with van der Waals surface area (Å²) in [7, 11) is 0. The predicted molar refractivity (Wildman–Crippen MR) is 84.5 cm³/mol. The van der Waals surface area contributed by atoms with E-state index in [2.05, 4.69) is 0 Å². The van der Waals surface area contributed by atoms with Crippen LogP contribution in [-0.2, 0) is 6.54 Å². The number of hydrogen-bond acceptors (Lipinski definition) is 4. The van der Waals surface area contributed by atoms with Crippen LogP contribution in [0.5, 0.6) is 5.75 Å². The lowest BCUT2D eigenvalue weighted by Crippen LogP contribution is -2.38. The minimum absolute atomic E-state index is 0.198. The summed E-state index contributed by atoms with van der Waals surface area (Å²) in [5, 5.41) is 30.0. The highest BCUT2D eigenvalue weighted by atomic mass is 19.1. The number of phenolic OH excluding ortho intramolecular Hbond substituents is 1. The summed E-state index contributed by atoms with van der Waals surface area (Å²) in [5.74, 6) is -1.78. The van der Waals surface area contributed by atoms with Crippen molar-refractivity contribution in [2.75, 3.05) is 13.2 Å². The normalized spacial score (nSPS) is 24.4. The molecule has 0 aliphatic carbocycles. The van der Waals surface area contributed by atoms with E-state index in [1.165, 1.54) is 24.3 Å². The average molecular weight is 335 g/mol. The fraction of sp³-hybridized carbons (Fsp3) is 0.333. The number of aliphatic hydroxyl groups is 2. The first-order chi connectivity index (χ1) is 11.5. The molecule has 0 radical (unpaired) electrons. The molecule has 0 unspecified atom stereocenters. The van der Waals surface area contributed by atoms with Crippen LogP contribution in [0.2, 0.25) is 0 Å². The third-order valence-corrected chi connectivity index (χ3v) is 4.64. The molecule has 0 bridgehead atoms. The van der Waals surface area contributed by atoms with E-state index in [1.54, 1.807) is 23.1 Å². The molecule has 1 aliphatic heterocycles. The van der Waals surface area contributed by atoms with E-state index in [1.807, 2.05) is 0 Å². The number of likely N-dealkylation sites (tertiary alicyclic amines) is 1.